The lowest BCUT2D eigenvalue weighted by molar-refractivity contribution is 0.0877. The monoisotopic (exact) mass is 476 g/mol. The summed E-state index contributed by atoms with van der Waals surface area (Å²) in [6.07, 6.45) is 1.71. The highest BCUT2D eigenvalue weighted by atomic mass is 35.5. The van der Waals surface area contributed by atoms with Crippen molar-refractivity contribution in [1.29, 1.82) is 0 Å². The number of hydrogen-bond donors (Lipinski definition) is 3. The Hall–Kier alpha value is -1.70. The highest BCUT2D eigenvalue weighted by Crippen LogP contribution is 2.17. The first kappa shape index (κ1) is 28.3. The molecule has 5 nitrogen and oxygen atoms in total. The van der Waals surface area contributed by atoms with Crippen molar-refractivity contribution in [2.75, 3.05) is 6.54 Å². The van der Waals surface area contributed by atoms with Crippen molar-refractivity contribution in [2.45, 2.75) is 25.1 Å². The molecule has 1 heterocycles. The number of halogens is 3. The predicted octanol–water partition coefficient (Wildman–Crippen LogP) is 3.62. The van der Waals surface area contributed by atoms with Crippen molar-refractivity contribution in [1.82, 2.24) is 9.99 Å². The van der Waals surface area contributed by atoms with Crippen LogP contribution in [0.1, 0.15) is 11.1 Å². The number of pyridine rings is 1. The molecule has 1 aromatic heterocycles. The number of nitrogens with two attached hydrogens (primary N) is 2. The Balaban J connectivity index is 0.00000280. The summed E-state index contributed by atoms with van der Waals surface area (Å²) in [5, 5.41) is 12.0. The maximum Gasteiger partial charge on any atom is 0.0835 e. The Morgan fingerprint density at radius 1 is 0.833 bits per heavy atom. The van der Waals surface area contributed by atoms with Crippen LogP contribution in [0.3, 0.4) is 0 Å². The zero-order chi connectivity index (χ0) is 19.1. The van der Waals surface area contributed by atoms with Gasteiger partial charge >= 0.3 is 0 Å². The van der Waals surface area contributed by atoms with Gasteiger partial charge < -0.3 is 10.8 Å². The smallest absolute Gasteiger partial charge is 0.0835 e. The van der Waals surface area contributed by atoms with Crippen LogP contribution in [0.25, 0.3) is 11.3 Å². The molecule has 0 aliphatic carbocycles. The van der Waals surface area contributed by atoms with Gasteiger partial charge in [0.15, 0.2) is 0 Å². The first-order valence-electron chi connectivity index (χ1n) is 9.09. The number of benzene rings is 2. The van der Waals surface area contributed by atoms with Gasteiger partial charge in [-0.1, -0.05) is 60.7 Å². The van der Waals surface area contributed by atoms with Crippen LogP contribution in [0, 0.1) is 0 Å². The molecule has 0 aliphatic rings. The third kappa shape index (κ3) is 8.58. The zero-order valence-corrected chi connectivity index (χ0v) is 19.0. The van der Waals surface area contributed by atoms with E-state index in [1.807, 2.05) is 72.8 Å². The molecule has 30 heavy (non-hydrogen) atoms. The van der Waals surface area contributed by atoms with E-state index in [0.29, 0.717) is 19.5 Å². The summed E-state index contributed by atoms with van der Waals surface area (Å²) in [7, 11) is 0. The van der Waals surface area contributed by atoms with Crippen molar-refractivity contribution < 1.29 is 5.11 Å². The predicted molar refractivity (Wildman–Crippen MR) is 130 cm³/mol. The van der Waals surface area contributed by atoms with E-state index in [2.05, 4.69) is 4.98 Å². The number of nitrogens with zero attached hydrogens (tertiary/aromatic N) is 2. The molecule has 0 fully saturated rings. The fourth-order valence-corrected chi connectivity index (χ4v) is 3.01. The van der Waals surface area contributed by atoms with Gasteiger partial charge in [-0.2, -0.15) is 0 Å². The molecule has 2 atom stereocenters. The van der Waals surface area contributed by atoms with Gasteiger partial charge in [-0.15, -0.1) is 37.2 Å². The van der Waals surface area contributed by atoms with E-state index in [1.165, 1.54) is 0 Å². The summed E-state index contributed by atoms with van der Waals surface area (Å²) in [6, 6.07) is 23.5. The van der Waals surface area contributed by atoms with Gasteiger partial charge in [0.25, 0.3) is 0 Å². The van der Waals surface area contributed by atoms with Crippen LogP contribution in [0.15, 0.2) is 79.0 Å². The van der Waals surface area contributed by atoms with Gasteiger partial charge in [0.2, 0.25) is 0 Å². The standard InChI is InChI=1S/C22H26N4O.3ClH/c23-20(14-17-6-2-1-3-7-17)22(27)16-26(24)15-18-9-11-19(12-10-18)21-8-4-5-13-25-21;;;/h1-13,20,22,27H,14-16,23-24H2;3*1H/t20-,22-;;;/m0.../s1/i1+1,2+1,3+1,6+1,7+1,17+1;;;. The van der Waals surface area contributed by atoms with Crippen LogP contribution in [0.4, 0.5) is 0 Å². The first-order valence-corrected chi connectivity index (χ1v) is 9.09. The topological polar surface area (TPSA) is 88.4 Å². The maximum absolute atomic E-state index is 10.4. The molecule has 3 rings (SSSR count). The molecule has 5 N–H and O–H groups in total. The SMILES string of the molecule is Cl.Cl.Cl.N[C@@H](C[13c]1[13cH][13cH][13cH][13cH][13cH]1)[C@@H](O)CN(N)Cc1ccc(-c2ccccn2)cc1. The van der Waals surface area contributed by atoms with Gasteiger partial charge in [-0.3, -0.25) is 10.8 Å². The van der Waals surface area contributed by atoms with Crippen LogP contribution in [-0.2, 0) is 13.0 Å². The second kappa shape index (κ2) is 14.3. The molecule has 0 spiro atoms. The van der Waals surface area contributed by atoms with Crippen LogP contribution >= 0.6 is 37.2 Å². The highest BCUT2D eigenvalue weighted by Gasteiger charge is 2.17. The number of aliphatic hydroxyl groups is 1. The molecule has 0 aliphatic heterocycles. The number of hydrogen-bond acceptors (Lipinski definition) is 5. The van der Waals surface area contributed by atoms with E-state index >= 15 is 0 Å². The summed E-state index contributed by atoms with van der Waals surface area (Å²) in [5.74, 6) is 6.09. The third-order valence-corrected chi connectivity index (χ3v) is 4.53. The second-order valence-corrected chi connectivity index (χ2v) is 6.76. The molecule has 0 saturated heterocycles. The summed E-state index contributed by atoms with van der Waals surface area (Å²) in [5.41, 5.74) is 10.3. The average molecular weight is 478 g/mol. The summed E-state index contributed by atoms with van der Waals surface area (Å²) in [4.78, 5) is 4.35. The molecule has 0 saturated carbocycles. The Kier molecular flexibility index (Phi) is 13.5. The summed E-state index contributed by atoms with van der Waals surface area (Å²) < 4.78 is 0. The minimum atomic E-state index is -0.692. The van der Waals surface area contributed by atoms with E-state index in [1.54, 1.807) is 11.2 Å². The largest absolute Gasteiger partial charge is 0.390 e. The van der Waals surface area contributed by atoms with Crippen LogP contribution in [0.2, 0.25) is 0 Å². The molecular weight excluding hydrogens is 449 g/mol. The Bertz CT molecular complexity index is 823. The van der Waals surface area contributed by atoms with Crippen molar-refractivity contribution in [3.63, 3.8) is 0 Å². The lowest BCUT2D eigenvalue weighted by Gasteiger charge is -2.24. The van der Waals surface area contributed by atoms with Crippen LogP contribution in [-0.4, -0.2) is 33.8 Å². The first-order chi connectivity index (χ1) is 13.1. The molecular formula is C22H29Cl3N4O. The zero-order valence-electron chi connectivity index (χ0n) is 16.5. The van der Waals surface area contributed by atoms with Gasteiger partial charge in [-0.05, 0) is 29.7 Å². The number of aromatic nitrogens is 1. The Morgan fingerprint density at radius 2 is 1.47 bits per heavy atom. The summed E-state index contributed by atoms with van der Waals surface area (Å²) >= 11 is 0. The van der Waals surface area contributed by atoms with Crippen molar-refractivity contribution in [3.8, 4) is 11.3 Å². The lowest BCUT2D eigenvalue weighted by atomic mass is 10.1. The van der Waals surface area contributed by atoms with Gasteiger partial charge in [0.1, 0.15) is 0 Å². The Morgan fingerprint density at radius 3 is 2.07 bits per heavy atom. The molecule has 0 unspecified atom stereocenters. The molecule has 0 bridgehead atoms. The Labute approximate surface area is 196 Å². The lowest BCUT2D eigenvalue weighted by Crippen LogP contribution is -2.46. The van der Waals surface area contributed by atoms with Crippen molar-refractivity contribution >= 4 is 37.2 Å². The van der Waals surface area contributed by atoms with E-state index in [9.17, 15) is 5.11 Å². The average Bonchev–Trinajstić information content (AvgIpc) is 2.70. The second-order valence-electron chi connectivity index (χ2n) is 6.76. The maximum atomic E-state index is 10.4. The minimum Gasteiger partial charge on any atom is -0.390 e. The van der Waals surface area contributed by atoms with E-state index in [-0.39, 0.29) is 43.3 Å². The van der Waals surface area contributed by atoms with E-state index < -0.39 is 6.10 Å². The third-order valence-electron chi connectivity index (χ3n) is 4.53. The number of aliphatic hydroxyl groups excluding tert-OH is 1. The molecule has 0 radical (unpaired) electrons. The fourth-order valence-electron chi connectivity index (χ4n) is 3.01. The molecule has 0 amide bonds. The van der Waals surface area contributed by atoms with Gasteiger partial charge in [0.05, 0.1) is 11.8 Å². The highest BCUT2D eigenvalue weighted by molar-refractivity contribution is 5.86. The van der Waals surface area contributed by atoms with Crippen LogP contribution < -0.4 is 11.6 Å². The van der Waals surface area contributed by atoms with E-state index in [0.717, 1.165) is 22.4 Å². The molecule has 3 aromatic rings. The molecule has 2 aromatic carbocycles. The number of hydrazine groups is 1. The fraction of sp³-hybridized carbons (Fsp3) is 0.227. The normalized spacial score (nSPS) is 12.1. The van der Waals surface area contributed by atoms with Crippen LogP contribution in [0.5, 0.6) is 0 Å². The minimum absolute atomic E-state index is 0. The van der Waals surface area contributed by atoms with E-state index in [4.69, 9.17) is 11.6 Å². The van der Waals surface area contributed by atoms with Gasteiger partial charge in [-0.25, -0.2) is 5.01 Å². The molecule has 164 valence electrons. The van der Waals surface area contributed by atoms with Crippen molar-refractivity contribution in [3.05, 3.63) is 90.1 Å². The van der Waals surface area contributed by atoms with Gasteiger partial charge in [0, 0.05) is 30.9 Å². The van der Waals surface area contributed by atoms with Crippen molar-refractivity contribution in [2.24, 2.45) is 11.6 Å². The molecule has 8 heteroatoms. The summed E-state index contributed by atoms with van der Waals surface area (Å²) in [6.45, 7) is 0.855. The quantitative estimate of drug-likeness (QED) is 0.341. The number of rotatable bonds is 8.